The first-order valence-corrected chi connectivity index (χ1v) is 12.1. The summed E-state index contributed by atoms with van der Waals surface area (Å²) in [6.45, 7) is 6.82. The number of rotatable bonds is 9. The number of esters is 2. The van der Waals surface area contributed by atoms with Gasteiger partial charge < -0.3 is 18.9 Å². The summed E-state index contributed by atoms with van der Waals surface area (Å²) in [6.07, 6.45) is -1.40. The predicted octanol–water partition coefficient (Wildman–Crippen LogP) is 3.32. The Hall–Kier alpha value is -2.19. The molecule has 0 radical (unpaired) electrons. The number of carbonyl (C=O) groups is 3. The van der Waals surface area contributed by atoms with Gasteiger partial charge in [-0.2, -0.15) is 9.97 Å². The molecule has 186 valence electrons. The molecule has 0 spiro atoms. The highest BCUT2D eigenvalue weighted by Gasteiger charge is 2.42. The Morgan fingerprint density at radius 3 is 2.53 bits per heavy atom. The lowest BCUT2D eigenvalue weighted by molar-refractivity contribution is -0.162. The van der Waals surface area contributed by atoms with Crippen molar-refractivity contribution in [2.45, 2.75) is 52.6 Å². The summed E-state index contributed by atoms with van der Waals surface area (Å²) in [6, 6.07) is 0. The van der Waals surface area contributed by atoms with Crippen LogP contribution < -0.4 is 10.1 Å². The molecule has 3 atom stereocenters. The third-order valence-electron chi connectivity index (χ3n) is 5.15. The van der Waals surface area contributed by atoms with Crippen LogP contribution in [0.1, 0.15) is 40.3 Å². The van der Waals surface area contributed by atoms with Gasteiger partial charge in [0.05, 0.1) is 27.9 Å². The zero-order chi connectivity index (χ0) is 25.2. The molecule has 11 nitrogen and oxygen atoms in total. The molecule has 0 saturated carbocycles. The SMILES string of the molecule is COc1nc(NC=O)nc2c1c(I)c(Cl)n2[C@@H]1C[C@H](OC(=O)C(C)C)[C@@H](COC(=O)C(C)C)O1. The van der Waals surface area contributed by atoms with Crippen LogP contribution in [0.25, 0.3) is 11.0 Å². The number of nitrogens with one attached hydrogen (secondary N) is 1. The molecule has 0 bridgehead atoms. The average Bonchev–Trinajstić information content (AvgIpc) is 3.29. The normalized spacial score (nSPS) is 20.1. The van der Waals surface area contributed by atoms with Crippen molar-refractivity contribution in [3.05, 3.63) is 8.72 Å². The van der Waals surface area contributed by atoms with Gasteiger partial charge in [0, 0.05) is 6.42 Å². The topological polar surface area (TPSA) is 131 Å². The molecule has 0 aliphatic carbocycles. The molecule has 0 unspecified atom stereocenters. The third kappa shape index (κ3) is 5.38. The van der Waals surface area contributed by atoms with Crippen molar-refractivity contribution in [1.29, 1.82) is 0 Å². The van der Waals surface area contributed by atoms with Crippen molar-refractivity contribution in [2.75, 3.05) is 19.0 Å². The van der Waals surface area contributed by atoms with E-state index in [9.17, 15) is 14.4 Å². The van der Waals surface area contributed by atoms with Crippen molar-refractivity contribution in [3.8, 4) is 5.88 Å². The van der Waals surface area contributed by atoms with Crippen molar-refractivity contribution < 1.29 is 33.3 Å². The van der Waals surface area contributed by atoms with Gasteiger partial charge in [0.15, 0.2) is 5.65 Å². The number of hydrogen-bond donors (Lipinski definition) is 1. The number of amides is 1. The van der Waals surface area contributed by atoms with Crippen LogP contribution in [-0.2, 0) is 28.6 Å². The van der Waals surface area contributed by atoms with Crippen molar-refractivity contribution >= 4 is 69.5 Å². The van der Waals surface area contributed by atoms with Gasteiger partial charge in [-0.25, -0.2) is 0 Å². The molecule has 1 fully saturated rings. The minimum atomic E-state index is -0.710. The quantitative estimate of drug-likeness (QED) is 0.259. The van der Waals surface area contributed by atoms with E-state index in [-0.39, 0.29) is 42.7 Å². The van der Waals surface area contributed by atoms with Crippen LogP contribution in [0.2, 0.25) is 5.15 Å². The van der Waals surface area contributed by atoms with E-state index in [4.69, 9.17) is 30.5 Å². The second-order valence-electron chi connectivity index (χ2n) is 8.27. The van der Waals surface area contributed by atoms with Gasteiger partial charge in [0.1, 0.15) is 30.2 Å². The number of hydrogen-bond acceptors (Lipinski definition) is 9. The second-order valence-corrected chi connectivity index (χ2v) is 9.71. The molecule has 0 aromatic carbocycles. The molecular formula is C21H26ClIN4O7. The van der Waals surface area contributed by atoms with Gasteiger partial charge >= 0.3 is 11.9 Å². The van der Waals surface area contributed by atoms with Gasteiger partial charge in [-0.05, 0) is 22.6 Å². The van der Waals surface area contributed by atoms with Crippen LogP contribution in [0, 0.1) is 15.4 Å². The Morgan fingerprint density at radius 2 is 1.94 bits per heavy atom. The molecule has 3 rings (SSSR count). The highest BCUT2D eigenvalue weighted by Crippen LogP contribution is 2.42. The van der Waals surface area contributed by atoms with E-state index in [2.05, 4.69) is 37.9 Å². The zero-order valence-corrected chi connectivity index (χ0v) is 22.2. The Morgan fingerprint density at radius 1 is 1.26 bits per heavy atom. The first kappa shape index (κ1) is 26.4. The van der Waals surface area contributed by atoms with Gasteiger partial charge in [0.2, 0.25) is 18.2 Å². The highest BCUT2D eigenvalue weighted by molar-refractivity contribution is 14.1. The predicted molar refractivity (Wildman–Crippen MR) is 131 cm³/mol. The van der Waals surface area contributed by atoms with Crippen LogP contribution >= 0.6 is 34.2 Å². The lowest BCUT2D eigenvalue weighted by Gasteiger charge is -2.20. The number of aromatic nitrogens is 3. The van der Waals surface area contributed by atoms with Crippen molar-refractivity contribution in [1.82, 2.24) is 14.5 Å². The highest BCUT2D eigenvalue weighted by atomic mass is 127. The largest absolute Gasteiger partial charge is 0.480 e. The van der Waals surface area contributed by atoms with E-state index >= 15 is 0 Å². The smallest absolute Gasteiger partial charge is 0.308 e. The standard InChI is InChI=1S/C21H26ClIN4O7/c1-9(2)19(29)32-7-12-11(34-20(30)10(3)4)6-13(33-12)27-16(22)15(23)14-17(27)25-21(24-8-28)26-18(14)31-5/h8-13H,6-7H2,1-5H3,(H,24,25,26,28)/t11-,12+,13-/m0/s1. The lowest BCUT2D eigenvalue weighted by Crippen LogP contribution is -2.33. The van der Waals surface area contributed by atoms with Gasteiger partial charge in [0.25, 0.3) is 0 Å². The first-order valence-electron chi connectivity index (χ1n) is 10.6. The second kappa shape index (κ2) is 11.0. The van der Waals surface area contributed by atoms with Crippen LogP contribution in [0.3, 0.4) is 0 Å². The van der Waals surface area contributed by atoms with Gasteiger partial charge in [-0.15, -0.1) is 0 Å². The van der Waals surface area contributed by atoms with E-state index in [1.165, 1.54) is 7.11 Å². The summed E-state index contributed by atoms with van der Waals surface area (Å²) in [7, 11) is 1.44. The number of methoxy groups -OCH3 is 1. The van der Waals surface area contributed by atoms with E-state index in [1.807, 2.05) is 0 Å². The third-order valence-corrected chi connectivity index (χ3v) is 6.89. The summed E-state index contributed by atoms with van der Waals surface area (Å²) in [5, 5.41) is 3.26. The van der Waals surface area contributed by atoms with E-state index in [1.54, 1.807) is 32.3 Å². The lowest BCUT2D eigenvalue weighted by atomic mass is 10.1. The van der Waals surface area contributed by atoms with E-state index in [0.29, 0.717) is 26.2 Å². The van der Waals surface area contributed by atoms with Crippen molar-refractivity contribution in [2.24, 2.45) is 11.8 Å². The summed E-state index contributed by atoms with van der Waals surface area (Å²) < 4.78 is 24.8. The number of nitrogens with zero attached hydrogens (tertiary/aromatic N) is 3. The fourth-order valence-corrected chi connectivity index (χ4v) is 4.39. The minimum absolute atomic E-state index is 0.0226. The van der Waals surface area contributed by atoms with Gasteiger partial charge in [-0.1, -0.05) is 39.3 Å². The molecule has 1 amide bonds. The fourth-order valence-electron chi connectivity index (χ4n) is 3.37. The van der Waals surface area contributed by atoms with Gasteiger partial charge in [-0.3, -0.25) is 24.3 Å². The number of fused-ring (bicyclic) bond motifs is 1. The summed E-state index contributed by atoms with van der Waals surface area (Å²) >= 11 is 8.72. The zero-order valence-electron chi connectivity index (χ0n) is 19.3. The molecule has 34 heavy (non-hydrogen) atoms. The minimum Gasteiger partial charge on any atom is -0.480 e. The van der Waals surface area contributed by atoms with Crippen LogP contribution in [0.4, 0.5) is 5.95 Å². The maximum atomic E-state index is 12.3. The number of ether oxygens (including phenoxy) is 4. The Bertz CT molecular complexity index is 1090. The Kier molecular flexibility index (Phi) is 8.57. The molecular weight excluding hydrogens is 583 g/mol. The maximum Gasteiger partial charge on any atom is 0.308 e. The molecule has 2 aromatic rings. The Labute approximate surface area is 214 Å². The first-order chi connectivity index (χ1) is 16.1. The summed E-state index contributed by atoms with van der Waals surface area (Å²) in [5.74, 6) is -1.19. The number of anilines is 1. The van der Waals surface area contributed by atoms with Crippen LogP contribution in [0.5, 0.6) is 5.88 Å². The average molecular weight is 609 g/mol. The van der Waals surface area contributed by atoms with E-state index < -0.39 is 24.4 Å². The molecule has 1 aliphatic rings. The molecule has 1 saturated heterocycles. The number of carbonyl (C=O) groups excluding carboxylic acids is 3. The van der Waals surface area contributed by atoms with Crippen LogP contribution in [-0.4, -0.2) is 58.8 Å². The molecule has 13 heteroatoms. The molecule has 1 aliphatic heterocycles. The molecule has 3 heterocycles. The molecule has 1 N–H and O–H groups in total. The summed E-state index contributed by atoms with van der Waals surface area (Å²) in [5.41, 5.74) is 0.365. The maximum absolute atomic E-state index is 12.3. The Balaban J connectivity index is 2.00. The van der Waals surface area contributed by atoms with Crippen molar-refractivity contribution in [3.63, 3.8) is 0 Å². The van der Waals surface area contributed by atoms with Crippen LogP contribution in [0.15, 0.2) is 0 Å². The number of halogens is 2. The fraction of sp³-hybridized carbons (Fsp3) is 0.571. The monoisotopic (exact) mass is 608 g/mol. The van der Waals surface area contributed by atoms with E-state index in [0.717, 1.165) is 0 Å². The summed E-state index contributed by atoms with van der Waals surface area (Å²) in [4.78, 5) is 43.9. The molecule has 2 aromatic heterocycles.